The summed E-state index contributed by atoms with van der Waals surface area (Å²) in [4.78, 5) is 13.3. The van der Waals surface area contributed by atoms with Crippen molar-refractivity contribution in [2.45, 2.75) is 33.1 Å². The third kappa shape index (κ3) is 9.35. The third-order valence-electron chi connectivity index (χ3n) is 6.35. The zero-order chi connectivity index (χ0) is 27.3. The molecule has 0 atom stereocenters. The fourth-order valence-corrected chi connectivity index (χ4v) is 4.54. The van der Waals surface area contributed by atoms with Crippen molar-refractivity contribution in [1.29, 1.82) is 0 Å². The summed E-state index contributed by atoms with van der Waals surface area (Å²) in [5.74, 6) is 8.56. The number of nitrogen functional groups attached to an aromatic ring is 1. The summed E-state index contributed by atoms with van der Waals surface area (Å²) >= 11 is 6.38. The molecule has 0 radical (unpaired) electrons. The molecule has 2 aliphatic rings. The van der Waals surface area contributed by atoms with Crippen molar-refractivity contribution in [3.63, 3.8) is 0 Å². The third-order valence-corrected chi connectivity index (χ3v) is 6.56. The molecule has 38 heavy (non-hydrogen) atoms. The predicted molar refractivity (Wildman–Crippen MR) is 161 cm³/mol. The second-order valence-corrected chi connectivity index (χ2v) is 9.78. The van der Waals surface area contributed by atoms with Gasteiger partial charge in [-0.15, -0.1) is 0 Å². The molecule has 2 aromatic rings. The lowest BCUT2D eigenvalue weighted by Crippen LogP contribution is -2.33. The van der Waals surface area contributed by atoms with Crippen LogP contribution >= 0.6 is 11.6 Å². The minimum Gasteiger partial charge on any atom is -0.465 e. The van der Waals surface area contributed by atoms with Crippen LogP contribution in [0, 0.1) is 5.92 Å². The van der Waals surface area contributed by atoms with E-state index in [1.165, 1.54) is 12.8 Å². The summed E-state index contributed by atoms with van der Waals surface area (Å²) in [7, 11) is 1.70. The maximum Gasteiger partial charge on any atom is 0.128 e. The zero-order valence-electron chi connectivity index (χ0n) is 22.9. The zero-order valence-corrected chi connectivity index (χ0v) is 23.6. The average molecular weight is 540 g/mol. The van der Waals surface area contributed by atoms with Crippen LogP contribution in [-0.2, 0) is 0 Å². The number of aliphatic imine (C=N–C) groups is 1. The van der Waals surface area contributed by atoms with E-state index in [1.807, 2.05) is 56.5 Å². The largest absolute Gasteiger partial charge is 0.465 e. The van der Waals surface area contributed by atoms with Gasteiger partial charge in [-0.1, -0.05) is 31.5 Å². The maximum atomic E-state index is 6.38. The standard InChI is InChI=1S/C27H36ClN7O.C2H6/c1-31-17-23(28)15-22(18-33-11-4-12-34(14-13-33)27-5-2-3-10-32-27)20-36-24-8-9-26(25(29)16-24)35(30)19-21-6-7-21;1-2/h2-3,5,8-10,15-17,20-21H,4,6-7,11-14,18-19,29-30H2,1H3;1-2H3/b22-20-,23-15+,31-17?;. The molecule has 1 saturated heterocycles. The Balaban J connectivity index is 0.00000195. The quantitative estimate of drug-likeness (QED) is 0.108. The molecule has 0 spiro atoms. The molecule has 4 N–H and O–H groups in total. The number of pyridine rings is 1. The highest BCUT2D eigenvalue weighted by Gasteiger charge is 2.24. The number of ether oxygens (including phenoxy) is 1. The highest BCUT2D eigenvalue weighted by molar-refractivity contribution is 6.39. The number of hydrogen-bond donors (Lipinski definition) is 2. The van der Waals surface area contributed by atoms with Crippen LogP contribution in [-0.4, -0.2) is 62.4 Å². The van der Waals surface area contributed by atoms with Gasteiger partial charge in [0.1, 0.15) is 11.6 Å². The van der Waals surface area contributed by atoms with Crippen molar-refractivity contribution in [3.8, 4) is 5.75 Å². The van der Waals surface area contributed by atoms with Crippen LogP contribution in [0.25, 0.3) is 0 Å². The molecule has 1 aliphatic carbocycles. The second kappa shape index (κ2) is 15.4. The summed E-state index contributed by atoms with van der Waals surface area (Å²) in [6, 6.07) is 11.7. The van der Waals surface area contributed by atoms with Crippen molar-refractivity contribution in [2.24, 2.45) is 16.8 Å². The Bertz CT molecular complexity index is 1090. The molecule has 1 saturated carbocycles. The first-order valence-corrected chi connectivity index (χ1v) is 13.8. The van der Waals surface area contributed by atoms with Gasteiger partial charge in [-0.3, -0.25) is 9.89 Å². The van der Waals surface area contributed by atoms with Crippen molar-refractivity contribution < 1.29 is 4.74 Å². The van der Waals surface area contributed by atoms with Crippen LogP contribution in [0.1, 0.15) is 33.1 Å². The van der Waals surface area contributed by atoms with E-state index in [0.717, 1.165) is 56.2 Å². The van der Waals surface area contributed by atoms with Crippen molar-refractivity contribution in [1.82, 2.24) is 9.88 Å². The van der Waals surface area contributed by atoms with E-state index in [2.05, 4.69) is 25.8 Å². The monoisotopic (exact) mass is 539 g/mol. The van der Waals surface area contributed by atoms with E-state index in [9.17, 15) is 0 Å². The van der Waals surface area contributed by atoms with Gasteiger partial charge in [0.05, 0.1) is 22.7 Å². The minimum absolute atomic E-state index is 0.547. The molecule has 0 bridgehead atoms. The van der Waals surface area contributed by atoms with Gasteiger partial charge in [0.15, 0.2) is 0 Å². The molecular weight excluding hydrogens is 498 g/mol. The van der Waals surface area contributed by atoms with Crippen LogP contribution < -0.4 is 26.2 Å². The van der Waals surface area contributed by atoms with Crippen LogP contribution in [0.5, 0.6) is 5.75 Å². The number of hydrazine groups is 1. The molecule has 1 aromatic heterocycles. The molecule has 206 valence electrons. The van der Waals surface area contributed by atoms with Gasteiger partial charge >= 0.3 is 0 Å². The number of nitrogens with zero attached hydrogens (tertiary/aromatic N) is 5. The minimum atomic E-state index is 0.547. The molecular formula is C29H42ClN7O. The first-order valence-electron chi connectivity index (χ1n) is 13.5. The molecule has 0 unspecified atom stereocenters. The van der Waals surface area contributed by atoms with E-state index in [-0.39, 0.29) is 0 Å². The highest BCUT2D eigenvalue weighted by atomic mass is 35.5. The molecule has 1 aliphatic heterocycles. The smallest absolute Gasteiger partial charge is 0.128 e. The number of aromatic nitrogens is 1. The normalized spacial score (nSPS) is 17.1. The molecule has 2 heterocycles. The number of rotatable bonds is 10. The molecule has 0 amide bonds. The summed E-state index contributed by atoms with van der Waals surface area (Å²) in [5.41, 5.74) is 8.65. The highest BCUT2D eigenvalue weighted by Crippen LogP contribution is 2.33. The van der Waals surface area contributed by atoms with Gasteiger partial charge in [0.2, 0.25) is 0 Å². The fraction of sp³-hybridized carbons (Fsp3) is 0.448. The molecule has 2 fully saturated rings. The number of hydrogen-bond acceptors (Lipinski definition) is 8. The summed E-state index contributed by atoms with van der Waals surface area (Å²) < 4.78 is 6.02. The van der Waals surface area contributed by atoms with Crippen LogP contribution in [0.2, 0.25) is 0 Å². The van der Waals surface area contributed by atoms with Gasteiger partial charge in [-0.25, -0.2) is 10.8 Å². The van der Waals surface area contributed by atoms with Gasteiger partial charge in [0, 0.05) is 70.4 Å². The van der Waals surface area contributed by atoms with Gasteiger partial charge < -0.3 is 20.4 Å². The van der Waals surface area contributed by atoms with E-state index in [4.69, 9.17) is 27.9 Å². The number of halogens is 1. The topological polar surface area (TPSA) is 96.2 Å². The molecule has 8 nitrogen and oxygen atoms in total. The van der Waals surface area contributed by atoms with Crippen molar-refractivity contribution >= 4 is 35.0 Å². The Kier molecular flexibility index (Phi) is 11.9. The Morgan fingerprint density at radius 1 is 1.18 bits per heavy atom. The van der Waals surface area contributed by atoms with Gasteiger partial charge in [-0.2, -0.15) is 0 Å². The Morgan fingerprint density at radius 3 is 2.68 bits per heavy atom. The van der Waals surface area contributed by atoms with Crippen molar-refractivity contribution in [3.05, 3.63) is 65.5 Å². The average Bonchev–Trinajstić information content (AvgIpc) is 3.76. The first-order chi connectivity index (χ1) is 18.5. The van der Waals surface area contributed by atoms with Crippen molar-refractivity contribution in [2.75, 3.05) is 62.0 Å². The van der Waals surface area contributed by atoms with Gasteiger partial charge in [0.25, 0.3) is 0 Å². The lowest BCUT2D eigenvalue weighted by atomic mass is 10.2. The maximum absolute atomic E-state index is 6.38. The summed E-state index contributed by atoms with van der Waals surface area (Å²) in [6.07, 6.45) is 10.6. The van der Waals surface area contributed by atoms with Crippen LogP contribution in [0.15, 0.2) is 70.5 Å². The van der Waals surface area contributed by atoms with Gasteiger partial charge in [-0.05, 0) is 55.5 Å². The van der Waals surface area contributed by atoms with E-state index < -0.39 is 0 Å². The predicted octanol–water partition coefficient (Wildman–Crippen LogP) is 5.08. The molecule has 4 rings (SSSR count). The Hall–Kier alpha value is -3.07. The Morgan fingerprint density at radius 2 is 2.00 bits per heavy atom. The first kappa shape index (κ1) is 29.5. The van der Waals surface area contributed by atoms with E-state index in [0.29, 0.717) is 28.9 Å². The number of allylic oxidation sites excluding steroid dienone is 1. The van der Waals surface area contributed by atoms with E-state index >= 15 is 0 Å². The summed E-state index contributed by atoms with van der Waals surface area (Å²) in [5, 5.41) is 2.28. The van der Waals surface area contributed by atoms with E-state index in [1.54, 1.807) is 24.5 Å². The lowest BCUT2D eigenvalue weighted by Gasteiger charge is -2.23. The van der Waals surface area contributed by atoms with Crippen LogP contribution in [0.3, 0.4) is 0 Å². The molecule has 1 aromatic carbocycles. The number of nitrogens with two attached hydrogens (primary N) is 2. The second-order valence-electron chi connectivity index (χ2n) is 9.35. The number of anilines is 3. The number of benzene rings is 1. The SMILES string of the molecule is CC.CN=C/C(Cl)=C\C(=C\Oc1ccc(N(N)CC2CC2)c(N)c1)CN1CCCN(c2ccccn2)CC1. The lowest BCUT2D eigenvalue weighted by molar-refractivity contribution is 0.317. The molecule has 9 heteroatoms. The fourth-order valence-electron chi connectivity index (χ4n) is 4.30. The Labute approximate surface area is 232 Å². The van der Waals surface area contributed by atoms with Crippen LogP contribution in [0.4, 0.5) is 17.2 Å². The summed E-state index contributed by atoms with van der Waals surface area (Å²) in [6.45, 7) is 9.30.